The molecule has 37 heavy (non-hydrogen) atoms. The van der Waals surface area contributed by atoms with Crippen molar-refractivity contribution in [3.63, 3.8) is 0 Å². The Hall–Kier alpha value is -1.40. The maximum Gasteiger partial charge on any atom is 0.306 e. The van der Waals surface area contributed by atoms with Crippen molar-refractivity contribution < 1.29 is 29.6 Å². The molecule has 0 bridgehead atoms. The van der Waals surface area contributed by atoms with Crippen LogP contribution in [0.15, 0.2) is 11.6 Å². The van der Waals surface area contributed by atoms with Crippen molar-refractivity contribution in [2.45, 2.75) is 129 Å². The quantitative estimate of drug-likeness (QED) is 0.273. The SMILES string of the molecule is CC(=O)OC1C[C@](O)(CC(=O)O)CC2=CC[C@H]3[C@@H]4CC[C@H]([C@H](C)CCCC(C)(C)O)[C@@]4(C)CC[C@@H]3[C@]21C. The molecule has 3 N–H and O–H groups in total. The third-order valence-corrected chi connectivity index (χ3v) is 11.3. The second kappa shape index (κ2) is 9.97. The van der Waals surface area contributed by atoms with Gasteiger partial charge >= 0.3 is 11.9 Å². The molecular formula is C31H50O6. The lowest BCUT2D eigenvalue weighted by atomic mass is 9.45. The lowest BCUT2D eigenvalue weighted by Gasteiger charge is -2.61. The predicted octanol–water partition coefficient (Wildman–Crippen LogP) is 5.89. The number of hydrogen-bond acceptors (Lipinski definition) is 5. The van der Waals surface area contributed by atoms with Gasteiger partial charge in [0.25, 0.3) is 0 Å². The molecular weight excluding hydrogens is 468 g/mol. The summed E-state index contributed by atoms with van der Waals surface area (Å²) in [5, 5.41) is 30.8. The van der Waals surface area contributed by atoms with E-state index >= 15 is 0 Å². The molecule has 4 aliphatic carbocycles. The van der Waals surface area contributed by atoms with E-state index in [1.54, 1.807) is 0 Å². The van der Waals surface area contributed by atoms with Crippen molar-refractivity contribution in [1.29, 1.82) is 0 Å². The summed E-state index contributed by atoms with van der Waals surface area (Å²) in [5.74, 6) is 1.44. The molecule has 0 saturated heterocycles. The molecule has 9 atom stereocenters. The van der Waals surface area contributed by atoms with Gasteiger partial charge in [0.15, 0.2) is 0 Å². The maximum absolute atomic E-state index is 12.2. The highest BCUT2D eigenvalue weighted by atomic mass is 16.5. The number of carbonyl (C=O) groups is 2. The average molecular weight is 519 g/mol. The molecule has 3 fully saturated rings. The summed E-state index contributed by atoms with van der Waals surface area (Å²) in [5.41, 5.74) is -0.960. The molecule has 6 nitrogen and oxygen atoms in total. The van der Waals surface area contributed by atoms with Gasteiger partial charge in [0.2, 0.25) is 0 Å². The number of carboxylic acid groups (broad SMARTS) is 1. The molecule has 0 aromatic heterocycles. The Morgan fingerprint density at radius 3 is 2.51 bits per heavy atom. The number of rotatable bonds is 8. The monoisotopic (exact) mass is 518 g/mol. The van der Waals surface area contributed by atoms with Gasteiger partial charge in [0.05, 0.1) is 17.6 Å². The van der Waals surface area contributed by atoms with Crippen molar-refractivity contribution in [3.05, 3.63) is 11.6 Å². The topological polar surface area (TPSA) is 104 Å². The summed E-state index contributed by atoms with van der Waals surface area (Å²) in [4.78, 5) is 23.7. The summed E-state index contributed by atoms with van der Waals surface area (Å²) in [6.45, 7) is 12.4. The molecule has 0 amide bonds. The van der Waals surface area contributed by atoms with Gasteiger partial charge in [-0.1, -0.05) is 45.3 Å². The van der Waals surface area contributed by atoms with E-state index < -0.39 is 23.3 Å². The number of esters is 1. The molecule has 0 aromatic rings. The van der Waals surface area contributed by atoms with Gasteiger partial charge in [-0.25, -0.2) is 0 Å². The largest absolute Gasteiger partial charge is 0.481 e. The number of fused-ring (bicyclic) bond motifs is 5. The van der Waals surface area contributed by atoms with E-state index in [2.05, 4.69) is 26.8 Å². The summed E-state index contributed by atoms with van der Waals surface area (Å²) < 4.78 is 5.90. The number of aliphatic hydroxyl groups is 2. The minimum absolute atomic E-state index is 0.179. The average Bonchev–Trinajstić information content (AvgIpc) is 3.10. The van der Waals surface area contributed by atoms with Crippen molar-refractivity contribution in [2.75, 3.05) is 0 Å². The number of carboxylic acids is 1. The molecule has 0 aliphatic heterocycles. The Morgan fingerprint density at radius 2 is 1.89 bits per heavy atom. The maximum atomic E-state index is 12.2. The van der Waals surface area contributed by atoms with Crippen LogP contribution in [-0.2, 0) is 14.3 Å². The van der Waals surface area contributed by atoms with Gasteiger partial charge in [-0.05, 0) is 93.8 Å². The Morgan fingerprint density at radius 1 is 1.19 bits per heavy atom. The van der Waals surface area contributed by atoms with Gasteiger partial charge in [0.1, 0.15) is 6.10 Å². The smallest absolute Gasteiger partial charge is 0.306 e. The standard InChI is InChI=1S/C31H50O6/c1-19(8-7-14-28(3,4)35)23-11-12-24-22-10-9-21-16-31(36,18-27(33)34)17-26(37-20(2)32)30(21,6)25(22)13-15-29(23,24)5/h9,19,22-26,35-36H,7-8,10-18H2,1-6H3,(H,33,34)/t19-,22+,23-,24+,25+,26?,29-,30+,31+/m1/s1. The van der Waals surface area contributed by atoms with E-state index in [-0.39, 0.29) is 24.2 Å². The van der Waals surface area contributed by atoms with Gasteiger partial charge in [-0.15, -0.1) is 0 Å². The number of hydrogen-bond donors (Lipinski definition) is 3. The van der Waals surface area contributed by atoms with Gasteiger partial charge in [-0.3, -0.25) is 9.59 Å². The third-order valence-electron chi connectivity index (χ3n) is 11.3. The van der Waals surface area contributed by atoms with Crippen LogP contribution in [0, 0.1) is 40.4 Å². The molecule has 0 spiro atoms. The fourth-order valence-corrected chi connectivity index (χ4v) is 9.60. The van der Waals surface area contributed by atoms with E-state index in [0.29, 0.717) is 41.4 Å². The number of carbonyl (C=O) groups excluding carboxylic acids is 1. The van der Waals surface area contributed by atoms with Crippen molar-refractivity contribution >= 4 is 11.9 Å². The lowest BCUT2D eigenvalue weighted by molar-refractivity contribution is -0.177. The van der Waals surface area contributed by atoms with Crippen LogP contribution in [-0.4, -0.2) is 44.6 Å². The fraction of sp³-hybridized carbons (Fsp3) is 0.871. The van der Waals surface area contributed by atoms with E-state index in [1.807, 2.05) is 13.8 Å². The first-order chi connectivity index (χ1) is 17.1. The van der Waals surface area contributed by atoms with Crippen LogP contribution in [0.2, 0.25) is 0 Å². The Balaban J connectivity index is 1.57. The van der Waals surface area contributed by atoms with Crippen LogP contribution in [0.4, 0.5) is 0 Å². The number of allylic oxidation sites excluding steroid dienone is 1. The predicted molar refractivity (Wildman–Crippen MR) is 143 cm³/mol. The van der Waals surface area contributed by atoms with Crippen LogP contribution in [0.3, 0.4) is 0 Å². The van der Waals surface area contributed by atoms with Crippen LogP contribution in [0.1, 0.15) is 112 Å². The molecule has 0 radical (unpaired) electrons. The van der Waals surface area contributed by atoms with Crippen LogP contribution in [0.25, 0.3) is 0 Å². The summed E-state index contributed by atoms with van der Waals surface area (Å²) in [6.07, 6.45) is 10.7. The highest BCUT2D eigenvalue weighted by molar-refractivity contribution is 5.69. The van der Waals surface area contributed by atoms with Gasteiger partial charge < -0.3 is 20.1 Å². The Kier molecular flexibility index (Phi) is 7.71. The highest BCUT2D eigenvalue weighted by Crippen LogP contribution is 2.68. The zero-order valence-corrected chi connectivity index (χ0v) is 23.9. The molecule has 0 heterocycles. The lowest BCUT2D eigenvalue weighted by Crippen LogP contribution is -2.59. The van der Waals surface area contributed by atoms with Crippen LogP contribution in [0.5, 0.6) is 0 Å². The highest BCUT2D eigenvalue weighted by Gasteiger charge is 2.63. The second-order valence-electron chi connectivity index (χ2n) is 14.3. The first kappa shape index (κ1) is 28.6. The summed E-state index contributed by atoms with van der Waals surface area (Å²) >= 11 is 0. The molecule has 1 unspecified atom stereocenters. The molecule has 210 valence electrons. The van der Waals surface area contributed by atoms with Crippen molar-refractivity contribution in [2.24, 2.45) is 40.4 Å². The molecule has 0 aromatic carbocycles. The van der Waals surface area contributed by atoms with Gasteiger partial charge in [-0.2, -0.15) is 0 Å². The third kappa shape index (κ3) is 5.39. The second-order valence-corrected chi connectivity index (χ2v) is 14.3. The zero-order chi connectivity index (χ0) is 27.4. The number of aliphatic carboxylic acids is 1. The van der Waals surface area contributed by atoms with E-state index in [4.69, 9.17) is 4.74 Å². The normalized spacial score (nSPS) is 42.2. The summed E-state index contributed by atoms with van der Waals surface area (Å²) in [6, 6.07) is 0. The van der Waals surface area contributed by atoms with Gasteiger partial charge in [0, 0.05) is 18.8 Å². The number of ether oxygens (including phenoxy) is 1. The van der Waals surface area contributed by atoms with Crippen LogP contribution < -0.4 is 0 Å². The first-order valence-corrected chi connectivity index (χ1v) is 14.6. The van der Waals surface area contributed by atoms with E-state index in [0.717, 1.165) is 44.1 Å². The van der Waals surface area contributed by atoms with Crippen molar-refractivity contribution in [3.8, 4) is 0 Å². The van der Waals surface area contributed by atoms with E-state index in [1.165, 1.54) is 19.8 Å². The van der Waals surface area contributed by atoms with Crippen molar-refractivity contribution in [1.82, 2.24) is 0 Å². The molecule has 3 saturated carbocycles. The first-order valence-electron chi connectivity index (χ1n) is 14.6. The fourth-order valence-electron chi connectivity index (χ4n) is 9.60. The summed E-state index contributed by atoms with van der Waals surface area (Å²) in [7, 11) is 0. The zero-order valence-electron chi connectivity index (χ0n) is 23.9. The van der Waals surface area contributed by atoms with Crippen LogP contribution >= 0.6 is 0 Å². The van der Waals surface area contributed by atoms with E-state index in [9.17, 15) is 24.9 Å². The molecule has 4 aliphatic rings. The minimum Gasteiger partial charge on any atom is -0.481 e. The molecule has 4 rings (SSSR count). The molecule has 6 heteroatoms. The Labute approximate surface area is 223 Å². The Bertz CT molecular complexity index is 919. The minimum atomic E-state index is -1.38.